The summed E-state index contributed by atoms with van der Waals surface area (Å²) in [5.74, 6) is 0.345. The second-order valence-corrected chi connectivity index (χ2v) is 3.21. The van der Waals surface area contributed by atoms with Crippen molar-refractivity contribution in [3.8, 4) is 0 Å². The molecule has 1 rings (SSSR count). The number of hydrogen-bond acceptors (Lipinski definition) is 4. The number of rotatable bonds is 1. The molecule has 0 unspecified atom stereocenters. The monoisotopic (exact) mass is 156 g/mol. The highest BCUT2D eigenvalue weighted by Gasteiger charge is 2.08. The summed E-state index contributed by atoms with van der Waals surface area (Å²) in [6.07, 6.45) is 0. The van der Waals surface area contributed by atoms with Gasteiger partial charge in [0.15, 0.2) is 5.78 Å². The van der Waals surface area contributed by atoms with Crippen LogP contribution in [0.4, 0.5) is 5.82 Å². The van der Waals surface area contributed by atoms with Gasteiger partial charge in [-0.15, -0.1) is 11.3 Å². The van der Waals surface area contributed by atoms with E-state index in [1.807, 2.05) is 6.92 Å². The van der Waals surface area contributed by atoms with Crippen LogP contribution < -0.4 is 5.73 Å². The molecule has 0 fully saturated rings. The lowest BCUT2D eigenvalue weighted by molar-refractivity contribution is 0.102. The molecule has 0 aliphatic rings. The number of anilines is 1. The molecule has 0 aromatic carbocycles. The molecule has 0 aliphatic heterocycles. The van der Waals surface area contributed by atoms with Gasteiger partial charge in [-0.2, -0.15) is 0 Å². The molecule has 0 spiro atoms. The molecule has 4 heteroatoms. The quantitative estimate of drug-likeness (QED) is 0.622. The maximum absolute atomic E-state index is 10.8. The third-order valence-electron chi connectivity index (χ3n) is 1.08. The number of aromatic nitrogens is 1. The maximum atomic E-state index is 10.8. The van der Waals surface area contributed by atoms with Crippen LogP contribution in [0.3, 0.4) is 0 Å². The number of aryl methyl sites for hydroxylation is 1. The van der Waals surface area contributed by atoms with Crippen LogP contribution in [-0.4, -0.2) is 10.8 Å². The van der Waals surface area contributed by atoms with Crippen LogP contribution in [0.15, 0.2) is 0 Å². The Balaban J connectivity index is 3.15. The van der Waals surface area contributed by atoms with Gasteiger partial charge in [0.1, 0.15) is 10.7 Å². The van der Waals surface area contributed by atoms with Crippen LogP contribution >= 0.6 is 11.3 Å². The number of nitrogens with two attached hydrogens (primary N) is 1. The average Bonchev–Trinajstić information content (AvgIpc) is 2.10. The minimum absolute atomic E-state index is 0.0110. The zero-order valence-electron chi connectivity index (χ0n) is 5.84. The Morgan fingerprint density at radius 2 is 2.30 bits per heavy atom. The molecule has 54 valence electrons. The maximum Gasteiger partial charge on any atom is 0.173 e. The van der Waals surface area contributed by atoms with Gasteiger partial charge in [0.25, 0.3) is 0 Å². The van der Waals surface area contributed by atoms with Crippen molar-refractivity contribution in [1.29, 1.82) is 0 Å². The van der Waals surface area contributed by atoms with E-state index in [0.717, 1.165) is 5.01 Å². The van der Waals surface area contributed by atoms with Gasteiger partial charge in [-0.3, -0.25) is 4.79 Å². The van der Waals surface area contributed by atoms with Gasteiger partial charge in [0.05, 0.1) is 5.01 Å². The second-order valence-electron chi connectivity index (χ2n) is 2.00. The number of nitrogen functional groups attached to an aromatic ring is 1. The number of Topliss-reactive ketones (excluding diaryl/α,β-unsaturated/α-hetero) is 1. The molecule has 0 amide bonds. The van der Waals surface area contributed by atoms with E-state index >= 15 is 0 Å². The standard InChI is InChI=1S/C6H8N2OS/c1-3(9)5-6(7)8-4(2)10-5/h7H2,1-2H3. The summed E-state index contributed by atoms with van der Waals surface area (Å²) in [5, 5.41) is 0.836. The normalized spacial score (nSPS) is 9.80. The Hall–Kier alpha value is -0.900. The predicted molar refractivity (Wildman–Crippen MR) is 41.3 cm³/mol. The van der Waals surface area contributed by atoms with Crippen LogP contribution in [0, 0.1) is 6.92 Å². The molecule has 0 radical (unpaired) electrons. The van der Waals surface area contributed by atoms with E-state index < -0.39 is 0 Å². The van der Waals surface area contributed by atoms with E-state index in [1.165, 1.54) is 18.3 Å². The molecule has 0 aliphatic carbocycles. The van der Waals surface area contributed by atoms with E-state index in [4.69, 9.17) is 5.73 Å². The highest BCUT2D eigenvalue weighted by molar-refractivity contribution is 7.14. The first-order valence-corrected chi connectivity index (χ1v) is 3.66. The molecule has 0 bridgehead atoms. The topological polar surface area (TPSA) is 56.0 Å². The van der Waals surface area contributed by atoms with E-state index in [1.54, 1.807) is 0 Å². The van der Waals surface area contributed by atoms with Gasteiger partial charge in [-0.25, -0.2) is 4.98 Å². The number of nitrogens with zero attached hydrogens (tertiary/aromatic N) is 1. The third kappa shape index (κ3) is 1.16. The van der Waals surface area contributed by atoms with Gasteiger partial charge >= 0.3 is 0 Å². The molecule has 1 aromatic heterocycles. The summed E-state index contributed by atoms with van der Waals surface area (Å²) in [5.41, 5.74) is 5.42. The molecular weight excluding hydrogens is 148 g/mol. The summed E-state index contributed by atoms with van der Waals surface area (Å²) in [6.45, 7) is 3.32. The highest BCUT2D eigenvalue weighted by Crippen LogP contribution is 2.19. The summed E-state index contributed by atoms with van der Waals surface area (Å²) in [4.78, 5) is 15.2. The van der Waals surface area contributed by atoms with Gasteiger partial charge < -0.3 is 5.73 Å². The molecule has 2 N–H and O–H groups in total. The minimum atomic E-state index is -0.0110. The van der Waals surface area contributed by atoms with Crippen LogP contribution in [0.1, 0.15) is 21.6 Å². The summed E-state index contributed by atoms with van der Waals surface area (Å²) >= 11 is 1.34. The lowest BCUT2D eigenvalue weighted by Gasteiger charge is -1.85. The van der Waals surface area contributed by atoms with E-state index in [9.17, 15) is 4.79 Å². The van der Waals surface area contributed by atoms with Gasteiger partial charge in [-0.05, 0) is 6.92 Å². The van der Waals surface area contributed by atoms with Crippen LogP contribution in [-0.2, 0) is 0 Å². The van der Waals surface area contributed by atoms with E-state index in [2.05, 4.69) is 4.98 Å². The van der Waals surface area contributed by atoms with Gasteiger partial charge in [0, 0.05) is 6.92 Å². The zero-order chi connectivity index (χ0) is 7.72. The lowest BCUT2D eigenvalue weighted by atomic mass is 10.4. The molecular formula is C6H8N2OS. The number of carbonyl (C=O) groups excluding carboxylic acids is 1. The minimum Gasteiger partial charge on any atom is -0.382 e. The Bertz CT molecular complexity index is 267. The van der Waals surface area contributed by atoms with Crippen LogP contribution in [0.2, 0.25) is 0 Å². The molecule has 0 saturated heterocycles. The lowest BCUT2D eigenvalue weighted by Crippen LogP contribution is -1.94. The fourth-order valence-electron chi connectivity index (χ4n) is 0.695. The summed E-state index contributed by atoms with van der Waals surface area (Å²) < 4.78 is 0. The number of carbonyl (C=O) groups is 1. The fraction of sp³-hybridized carbons (Fsp3) is 0.333. The smallest absolute Gasteiger partial charge is 0.173 e. The van der Waals surface area contributed by atoms with Crippen LogP contribution in [0.25, 0.3) is 0 Å². The number of ketones is 1. The number of thiazole rings is 1. The van der Waals surface area contributed by atoms with Crippen molar-refractivity contribution in [2.24, 2.45) is 0 Å². The summed E-state index contributed by atoms with van der Waals surface area (Å²) in [7, 11) is 0. The third-order valence-corrected chi connectivity index (χ3v) is 2.17. The largest absolute Gasteiger partial charge is 0.382 e. The SMILES string of the molecule is CC(=O)c1sc(C)nc1N. The van der Waals surface area contributed by atoms with Crippen molar-refractivity contribution >= 4 is 22.9 Å². The summed E-state index contributed by atoms with van der Waals surface area (Å²) in [6, 6.07) is 0. The van der Waals surface area contributed by atoms with Gasteiger partial charge in [-0.1, -0.05) is 0 Å². The second kappa shape index (κ2) is 2.38. The first-order valence-electron chi connectivity index (χ1n) is 2.85. The van der Waals surface area contributed by atoms with Crippen molar-refractivity contribution < 1.29 is 4.79 Å². The van der Waals surface area contributed by atoms with Crippen molar-refractivity contribution in [1.82, 2.24) is 4.98 Å². The molecule has 0 atom stereocenters. The average molecular weight is 156 g/mol. The number of hydrogen-bond donors (Lipinski definition) is 1. The first-order chi connectivity index (χ1) is 4.61. The van der Waals surface area contributed by atoms with Crippen molar-refractivity contribution in [3.63, 3.8) is 0 Å². The first kappa shape index (κ1) is 7.21. The Morgan fingerprint density at radius 1 is 1.70 bits per heavy atom. The molecule has 0 saturated carbocycles. The van der Waals surface area contributed by atoms with Gasteiger partial charge in [0.2, 0.25) is 0 Å². The molecule has 1 aromatic rings. The van der Waals surface area contributed by atoms with E-state index in [0.29, 0.717) is 10.7 Å². The zero-order valence-corrected chi connectivity index (χ0v) is 6.66. The Morgan fingerprint density at radius 3 is 2.50 bits per heavy atom. The van der Waals surface area contributed by atoms with E-state index in [-0.39, 0.29) is 5.78 Å². The molecule has 1 heterocycles. The predicted octanol–water partition coefficient (Wildman–Crippen LogP) is 1.24. The Labute approximate surface area is 62.9 Å². The van der Waals surface area contributed by atoms with Crippen molar-refractivity contribution in [3.05, 3.63) is 9.88 Å². The van der Waals surface area contributed by atoms with Crippen LogP contribution in [0.5, 0.6) is 0 Å². The van der Waals surface area contributed by atoms with Crippen molar-refractivity contribution in [2.75, 3.05) is 5.73 Å². The highest BCUT2D eigenvalue weighted by atomic mass is 32.1. The Kier molecular flexibility index (Phi) is 1.72. The molecule has 3 nitrogen and oxygen atoms in total. The van der Waals surface area contributed by atoms with Crippen molar-refractivity contribution in [2.45, 2.75) is 13.8 Å². The molecule has 10 heavy (non-hydrogen) atoms. The fourth-order valence-corrected chi connectivity index (χ4v) is 1.43.